The van der Waals surface area contributed by atoms with E-state index in [1.54, 1.807) is 29.0 Å². The zero-order valence-corrected chi connectivity index (χ0v) is 40.0. The standard InChI is InChI=1S/C53H64N6O9/c1-8-46(62)57-20-18-37(29-57)45(61)30-56(7)48(32(3)4)50(65)54-28-39-22-34-21-38(25-40(60)23-34)36-16-17-44-41(26-36)42(49(58(44)9-2)35-14-12-33(13-15-35)24-47(63)64)27-53(5,6)31-68-52(67)43-11-10-19-59(55-43)51(39)66/h8,12-17,21,23,25-26,28,32,37,43,48,55,60H,1,9-11,18-20,22,24,27,29-31H2,2-7H3,(H,54,65)(H,63,64)/t37-,43-,48-/m0/s1. The molecule has 3 aromatic carbocycles. The van der Waals surface area contributed by atoms with Crippen LogP contribution in [0.25, 0.3) is 33.3 Å². The van der Waals surface area contributed by atoms with Crippen LogP contribution >= 0.6 is 0 Å². The van der Waals surface area contributed by atoms with E-state index in [-0.39, 0.29) is 60.8 Å². The number of ketones is 1. The summed E-state index contributed by atoms with van der Waals surface area (Å²) in [7, 11) is 1.71. The van der Waals surface area contributed by atoms with Crippen molar-refractivity contribution in [2.45, 2.75) is 91.8 Å². The number of amides is 3. The number of phenolic OH excluding ortho intramolecular Hbond substituents is 1. The summed E-state index contributed by atoms with van der Waals surface area (Å²) in [5, 5.41) is 25.9. The number of nitrogens with one attached hydrogen (secondary N) is 2. The van der Waals surface area contributed by atoms with E-state index < -0.39 is 41.3 Å². The fourth-order valence-corrected chi connectivity index (χ4v) is 10.00. The Morgan fingerprint density at radius 1 is 1.00 bits per heavy atom. The molecule has 0 unspecified atom stereocenters. The summed E-state index contributed by atoms with van der Waals surface area (Å²) in [6.07, 6.45) is 4.56. The highest BCUT2D eigenvalue weighted by molar-refractivity contribution is 5.97. The number of carboxylic acid groups (broad SMARTS) is 1. The Balaban J connectivity index is 1.26. The topological polar surface area (TPSA) is 191 Å². The molecule has 6 bridgehead atoms. The first-order valence-corrected chi connectivity index (χ1v) is 23.5. The predicted molar refractivity (Wildman–Crippen MR) is 259 cm³/mol. The minimum Gasteiger partial charge on any atom is -0.508 e. The molecule has 3 atom stereocenters. The fourth-order valence-electron chi connectivity index (χ4n) is 10.00. The summed E-state index contributed by atoms with van der Waals surface area (Å²) in [6.45, 7) is 15.3. The minimum atomic E-state index is -0.907. The molecule has 3 aliphatic rings. The van der Waals surface area contributed by atoms with Crippen LogP contribution in [0.3, 0.4) is 0 Å². The highest BCUT2D eigenvalue weighted by Crippen LogP contribution is 2.41. The van der Waals surface area contributed by atoms with Crippen LogP contribution in [0.2, 0.25) is 0 Å². The van der Waals surface area contributed by atoms with Crippen LogP contribution in [-0.2, 0) is 59.3 Å². The number of aryl methyl sites for hydroxylation is 1. The number of hydrazine groups is 1. The third-order valence-electron chi connectivity index (χ3n) is 13.3. The van der Waals surface area contributed by atoms with Crippen molar-refractivity contribution >= 4 is 46.3 Å². The minimum absolute atomic E-state index is 0.00596. The zero-order valence-electron chi connectivity index (χ0n) is 40.0. The third kappa shape index (κ3) is 11.1. The van der Waals surface area contributed by atoms with E-state index in [1.807, 2.05) is 64.1 Å². The Morgan fingerprint density at radius 2 is 1.74 bits per heavy atom. The molecule has 2 fully saturated rings. The molecular weight excluding hydrogens is 865 g/mol. The first-order chi connectivity index (χ1) is 32.4. The van der Waals surface area contributed by atoms with E-state index in [4.69, 9.17) is 4.74 Å². The highest BCUT2D eigenvalue weighted by atomic mass is 16.5. The number of likely N-dealkylation sites (tertiary alicyclic amines) is 1. The van der Waals surface area contributed by atoms with Crippen molar-refractivity contribution in [1.82, 2.24) is 30.1 Å². The zero-order chi connectivity index (χ0) is 49.0. The number of carboxylic acids is 1. The number of Topliss-reactive ketones (excluding diaryl/α,β-unsaturated/α-hetero) is 1. The number of likely N-dealkylation sites (N-methyl/N-ethyl adjacent to an activating group) is 1. The average Bonchev–Trinajstić information content (AvgIpc) is 3.92. The largest absolute Gasteiger partial charge is 0.508 e. The number of aromatic nitrogens is 1. The number of fused-ring (bicyclic) bond motifs is 6. The fraction of sp³-hybridized carbons (Fsp3) is 0.434. The molecule has 4 aromatic rings. The molecule has 0 spiro atoms. The number of benzene rings is 3. The monoisotopic (exact) mass is 928 g/mol. The van der Waals surface area contributed by atoms with Crippen molar-refractivity contribution < 1.29 is 43.7 Å². The van der Waals surface area contributed by atoms with Crippen LogP contribution < -0.4 is 10.7 Å². The number of nitrogens with zero attached hydrogens (tertiary/aromatic N) is 4. The van der Waals surface area contributed by atoms with Crippen LogP contribution in [-0.4, -0.2) is 117 Å². The smallest absolute Gasteiger partial charge is 0.324 e. The number of aromatic hydroxyl groups is 1. The molecule has 1 aromatic heterocycles. The lowest BCUT2D eigenvalue weighted by Crippen LogP contribution is -2.56. The maximum Gasteiger partial charge on any atom is 0.324 e. The number of carbonyl (C=O) groups excluding carboxylic acids is 5. The molecule has 360 valence electrons. The summed E-state index contributed by atoms with van der Waals surface area (Å²) in [5.41, 5.74) is 9.47. The average molecular weight is 929 g/mol. The molecule has 0 saturated carbocycles. The van der Waals surface area contributed by atoms with Crippen LogP contribution in [0, 0.1) is 17.3 Å². The van der Waals surface area contributed by atoms with Gasteiger partial charge in [0.05, 0.1) is 31.3 Å². The van der Waals surface area contributed by atoms with Crippen molar-refractivity contribution in [2.75, 3.05) is 39.8 Å². The predicted octanol–water partition coefficient (Wildman–Crippen LogP) is 6.05. The van der Waals surface area contributed by atoms with Gasteiger partial charge >= 0.3 is 11.9 Å². The van der Waals surface area contributed by atoms with E-state index in [1.165, 1.54) is 17.3 Å². The van der Waals surface area contributed by atoms with Gasteiger partial charge in [0.1, 0.15) is 11.8 Å². The second-order valence-corrected chi connectivity index (χ2v) is 19.6. The van der Waals surface area contributed by atoms with Gasteiger partial charge in [0.15, 0.2) is 5.78 Å². The third-order valence-corrected chi connectivity index (χ3v) is 13.3. The first kappa shape index (κ1) is 49.3. The second-order valence-electron chi connectivity index (χ2n) is 19.6. The van der Waals surface area contributed by atoms with Gasteiger partial charge in [0.25, 0.3) is 5.91 Å². The molecule has 68 heavy (non-hydrogen) atoms. The molecule has 4 heterocycles. The summed E-state index contributed by atoms with van der Waals surface area (Å²) in [5.74, 6) is -3.16. The number of hydrogen-bond acceptors (Lipinski definition) is 10. The molecule has 3 aliphatic heterocycles. The summed E-state index contributed by atoms with van der Waals surface area (Å²) in [6, 6.07) is 17.4. The molecule has 3 amide bonds. The number of ether oxygens (including phenoxy) is 1. The number of phenols is 1. The van der Waals surface area contributed by atoms with E-state index >= 15 is 0 Å². The number of aliphatic carboxylic acids is 1. The van der Waals surface area contributed by atoms with Crippen molar-refractivity contribution in [3.63, 3.8) is 0 Å². The van der Waals surface area contributed by atoms with Crippen LogP contribution in [0.4, 0.5) is 0 Å². The van der Waals surface area contributed by atoms with E-state index in [0.29, 0.717) is 68.6 Å². The summed E-state index contributed by atoms with van der Waals surface area (Å²) in [4.78, 5) is 83.0. The SMILES string of the molecule is C=CC(=O)N1CC[C@H](C(=O)CN(C)[C@H](C(=O)NC=C2Cc3cc(O)cc(c3)-c3ccc4c(c3)c(c(-c3ccc(CC(=O)O)cc3)n4CC)CC(C)(C)COC(=O)[C@@H]3CCCN(N3)C2=O)C(C)C)C1. The second kappa shape index (κ2) is 20.7. The highest BCUT2D eigenvalue weighted by Gasteiger charge is 2.36. The first-order valence-electron chi connectivity index (χ1n) is 23.5. The molecule has 0 radical (unpaired) electrons. The number of esters is 1. The molecule has 15 nitrogen and oxygen atoms in total. The summed E-state index contributed by atoms with van der Waals surface area (Å²) < 4.78 is 8.30. The van der Waals surface area contributed by atoms with Crippen molar-refractivity contribution in [3.8, 4) is 28.1 Å². The molecule has 15 heteroatoms. The van der Waals surface area contributed by atoms with Gasteiger partial charge in [-0.15, -0.1) is 0 Å². The van der Waals surface area contributed by atoms with E-state index in [2.05, 4.69) is 40.9 Å². The Hall–Kier alpha value is -6.58. The quantitative estimate of drug-likeness (QED) is 0.0956. The van der Waals surface area contributed by atoms with Gasteiger partial charge in [-0.1, -0.05) is 70.7 Å². The van der Waals surface area contributed by atoms with Crippen molar-refractivity contribution in [1.29, 1.82) is 0 Å². The van der Waals surface area contributed by atoms with Gasteiger partial charge in [-0.3, -0.25) is 38.7 Å². The van der Waals surface area contributed by atoms with Gasteiger partial charge in [-0.25, -0.2) is 5.43 Å². The normalized spacial score (nSPS) is 19.8. The number of hydrogen-bond donors (Lipinski definition) is 4. The lowest BCUT2D eigenvalue weighted by atomic mass is 9.84. The Kier molecular flexibility index (Phi) is 15.0. The van der Waals surface area contributed by atoms with E-state index in [9.17, 15) is 39.0 Å². The van der Waals surface area contributed by atoms with Crippen molar-refractivity contribution in [3.05, 3.63) is 102 Å². The van der Waals surface area contributed by atoms with Gasteiger partial charge < -0.3 is 29.7 Å². The van der Waals surface area contributed by atoms with Crippen molar-refractivity contribution in [2.24, 2.45) is 17.3 Å². The molecular formula is C53H64N6O9. The van der Waals surface area contributed by atoms with E-state index in [0.717, 1.165) is 33.3 Å². The Labute approximate surface area is 397 Å². The maximum absolute atomic E-state index is 14.6. The number of carbonyl (C=O) groups is 6. The van der Waals surface area contributed by atoms with Gasteiger partial charge in [0.2, 0.25) is 11.8 Å². The van der Waals surface area contributed by atoms with Crippen LogP contribution in [0.5, 0.6) is 5.75 Å². The van der Waals surface area contributed by atoms with Gasteiger partial charge in [0, 0.05) is 66.6 Å². The Morgan fingerprint density at radius 3 is 2.43 bits per heavy atom. The van der Waals surface area contributed by atoms with Crippen LogP contribution in [0.1, 0.15) is 70.6 Å². The molecule has 2 saturated heterocycles. The number of rotatable bonds is 12. The summed E-state index contributed by atoms with van der Waals surface area (Å²) >= 11 is 0. The number of cyclic esters (lactones) is 1. The van der Waals surface area contributed by atoms with Crippen LogP contribution in [0.15, 0.2) is 85.1 Å². The Bertz CT molecular complexity index is 2650. The lowest BCUT2D eigenvalue weighted by Gasteiger charge is -2.34. The molecule has 7 rings (SSSR count). The molecule has 0 aliphatic carbocycles. The lowest BCUT2D eigenvalue weighted by molar-refractivity contribution is -0.154. The van der Waals surface area contributed by atoms with Gasteiger partial charge in [-0.05, 0) is 109 Å². The maximum atomic E-state index is 14.6. The van der Waals surface area contributed by atoms with Gasteiger partial charge in [-0.2, -0.15) is 0 Å². The molecule has 4 N–H and O–H groups in total.